The van der Waals surface area contributed by atoms with Crippen molar-refractivity contribution in [1.82, 2.24) is 10.2 Å². The molecule has 20 heavy (non-hydrogen) atoms. The minimum Gasteiger partial charge on any atom is -0.380 e. The van der Waals surface area contributed by atoms with E-state index in [1.807, 2.05) is 0 Å². The summed E-state index contributed by atoms with van der Waals surface area (Å²) in [7, 11) is 2.08. The average molecular weight is 360 g/mol. The van der Waals surface area contributed by atoms with Gasteiger partial charge in [-0.1, -0.05) is 6.92 Å². The monoisotopic (exact) mass is 359 g/mol. The van der Waals surface area contributed by atoms with Crippen molar-refractivity contribution < 1.29 is 4.74 Å². The van der Waals surface area contributed by atoms with E-state index in [0.29, 0.717) is 0 Å². The molecule has 2 rings (SSSR count). The molecule has 112 valence electrons. The maximum atomic E-state index is 5.28. The minimum absolute atomic E-state index is 0.216. The molecule has 4 nitrogen and oxygen atoms in total. The van der Waals surface area contributed by atoms with Gasteiger partial charge in [-0.25, -0.2) is 0 Å². The molecule has 0 aliphatic carbocycles. The first-order valence-electron chi connectivity index (χ1n) is 6.84. The second kappa shape index (κ2) is 6.91. The van der Waals surface area contributed by atoms with Crippen LogP contribution in [0.4, 0.5) is 0 Å². The van der Waals surface area contributed by atoms with Crippen molar-refractivity contribution in [3.63, 3.8) is 0 Å². The smallest absolute Gasteiger partial charge is 0.194 e. The molecule has 1 aromatic heterocycles. The number of nitrogens with zero attached hydrogens (tertiary/aromatic N) is 2. The van der Waals surface area contributed by atoms with Crippen molar-refractivity contribution in [2.45, 2.75) is 20.4 Å². The molecule has 0 aromatic carbocycles. The summed E-state index contributed by atoms with van der Waals surface area (Å²) in [5.74, 6) is 0.963. The lowest BCUT2D eigenvalue weighted by Crippen LogP contribution is -2.44. The maximum Gasteiger partial charge on any atom is 0.194 e. The van der Waals surface area contributed by atoms with Crippen molar-refractivity contribution in [3.8, 4) is 0 Å². The summed E-state index contributed by atoms with van der Waals surface area (Å²) in [5.41, 5.74) is 0.216. The van der Waals surface area contributed by atoms with Gasteiger partial charge >= 0.3 is 0 Å². The Morgan fingerprint density at radius 3 is 2.80 bits per heavy atom. The fourth-order valence-corrected chi connectivity index (χ4v) is 3.56. The fourth-order valence-electron chi connectivity index (χ4n) is 2.02. The van der Waals surface area contributed by atoms with Gasteiger partial charge in [-0.05, 0) is 35.0 Å². The van der Waals surface area contributed by atoms with Crippen molar-refractivity contribution >= 4 is 33.2 Å². The molecule has 1 N–H and O–H groups in total. The van der Waals surface area contributed by atoms with E-state index in [4.69, 9.17) is 9.73 Å². The number of guanidine groups is 1. The first kappa shape index (κ1) is 15.8. The van der Waals surface area contributed by atoms with E-state index < -0.39 is 0 Å². The highest BCUT2D eigenvalue weighted by molar-refractivity contribution is 9.11. The van der Waals surface area contributed by atoms with E-state index in [0.717, 1.165) is 38.8 Å². The molecule has 6 heteroatoms. The zero-order valence-corrected chi connectivity index (χ0v) is 14.7. The molecular formula is C14H22BrN3OS. The van der Waals surface area contributed by atoms with Gasteiger partial charge in [-0.3, -0.25) is 4.99 Å². The summed E-state index contributed by atoms with van der Waals surface area (Å²) < 4.78 is 6.45. The molecule has 1 aliphatic heterocycles. The van der Waals surface area contributed by atoms with Gasteiger partial charge < -0.3 is 15.0 Å². The molecule has 0 amide bonds. The Labute approximate surface area is 133 Å². The molecule has 0 bridgehead atoms. The van der Waals surface area contributed by atoms with Gasteiger partial charge in [0.1, 0.15) is 0 Å². The molecule has 1 saturated heterocycles. The standard InChI is InChI=1S/C14H22BrN3OS/c1-4-16-13(17-8-14(2)9-19-10-14)18(3)7-11-5-6-12(15)20-11/h5-6H,4,7-10H2,1-3H3,(H,16,17). The third-order valence-electron chi connectivity index (χ3n) is 3.23. The minimum atomic E-state index is 0.216. The van der Waals surface area contributed by atoms with E-state index in [2.05, 4.69) is 59.2 Å². The summed E-state index contributed by atoms with van der Waals surface area (Å²) in [6.07, 6.45) is 0. The topological polar surface area (TPSA) is 36.9 Å². The van der Waals surface area contributed by atoms with Gasteiger partial charge in [-0.2, -0.15) is 0 Å². The number of halogens is 1. The molecule has 0 atom stereocenters. The molecule has 0 saturated carbocycles. The first-order chi connectivity index (χ1) is 9.52. The molecule has 0 unspecified atom stereocenters. The zero-order valence-electron chi connectivity index (χ0n) is 12.3. The number of nitrogens with one attached hydrogen (secondary N) is 1. The molecule has 2 heterocycles. The number of hydrogen-bond acceptors (Lipinski definition) is 3. The van der Waals surface area contributed by atoms with Gasteiger partial charge in [0.15, 0.2) is 5.96 Å². The van der Waals surface area contributed by atoms with Crippen LogP contribution in [0.3, 0.4) is 0 Å². The van der Waals surface area contributed by atoms with Crippen molar-refractivity contribution in [3.05, 3.63) is 20.8 Å². The van der Waals surface area contributed by atoms with Gasteiger partial charge in [0.25, 0.3) is 0 Å². The predicted octanol–water partition coefficient (Wildman–Crippen LogP) is 2.94. The summed E-state index contributed by atoms with van der Waals surface area (Å²) in [6.45, 7) is 8.52. The second-order valence-electron chi connectivity index (χ2n) is 5.54. The van der Waals surface area contributed by atoms with Crippen LogP contribution in [0.5, 0.6) is 0 Å². The van der Waals surface area contributed by atoms with Gasteiger partial charge in [0, 0.05) is 23.9 Å². The van der Waals surface area contributed by atoms with Crippen LogP contribution in [-0.2, 0) is 11.3 Å². The van der Waals surface area contributed by atoms with Crippen molar-refractivity contribution in [1.29, 1.82) is 0 Å². The molecule has 0 spiro atoms. The molecule has 0 radical (unpaired) electrons. The lowest BCUT2D eigenvalue weighted by molar-refractivity contribution is -0.0945. The summed E-state index contributed by atoms with van der Waals surface area (Å²) in [5, 5.41) is 3.36. The van der Waals surface area contributed by atoms with E-state index >= 15 is 0 Å². The molecule has 1 fully saturated rings. The van der Waals surface area contributed by atoms with Crippen LogP contribution in [0.2, 0.25) is 0 Å². The number of ether oxygens (including phenoxy) is 1. The Morgan fingerprint density at radius 1 is 1.55 bits per heavy atom. The fraction of sp³-hybridized carbons (Fsp3) is 0.643. The van der Waals surface area contributed by atoms with Crippen LogP contribution in [0.1, 0.15) is 18.7 Å². The van der Waals surface area contributed by atoms with Crippen molar-refractivity contribution in [2.75, 3.05) is 33.4 Å². The maximum absolute atomic E-state index is 5.28. The Hall–Kier alpha value is -0.590. The van der Waals surface area contributed by atoms with Gasteiger partial charge in [0.05, 0.1) is 30.1 Å². The zero-order chi connectivity index (χ0) is 14.6. The van der Waals surface area contributed by atoms with Crippen LogP contribution in [0.15, 0.2) is 20.9 Å². The highest BCUT2D eigenvalue weighted by atomic mass is 79.9. The Balaban J connectivity index is 1.97. The van der Waals surface area contributed by atoms with Gasteiger partial charge in [-0.15, -0.1) is 11.3 Å². The number of rotatable bonds is 5. The third kappa shape index (κ3) is 4.20. The van der Waals surface area contributed by atoms with Crippen LogP contribution in [0, 0.1) is 5.41 Å². The van der Waals surface area contributed by atoms with Crippen molar-refractivity contribution in [2.24, 2.45) is 10.4 Å². The van der Waals surface area contributed by atoms with E-state index in [9.17, 15) is 0 Å². The third-order valence-corrected chi connectivity index (χ3v) is 4.84. The Bertz CT molecular complexity index is 471. The van der Waals surface area contributed by atoms with E-state index in [1.165, 1.54) is 8.66 Å². The quantitative estimate of drug-likeness (QED) is 0.648. The van der Waals surface area contributed by atoms with E-state index in [1.54, 1.807) is 11.3 Å². The van der Waals surface area contributed by atoms with E-state index in [-0.39, 0.29) is 5.41 Å². The number of thiophene rings is 1. The van der Waals surface area contributed by atoms with Crippen LogP contribution >= 0.6 is 27.3 Å². The van der Waals surface area contributed by atoms with Gasteiger partial charge in [0.2, 0.25) is 0 Å². The number of aliphatic imine (C=N–C) groups is 1. The predicted molar refractivity (Wildman–Crippen MR) is 88.4 cm³/mol. The average Bonchev–Trinajstić information content (AvgIpc) is 2.77. The summed E-state index contributed by atoms with van der Waals surface area (Å²) >= 11 is 5.27. The Morgan fingerprint density at radius 2 is 2.30 bits per heavy atom. The second-order valence-corrected chi connectivity index (χ2v) is 8.08. The van der Waals surface area contributed by atoms with Crippen LogP contribution in [-0.4, -0.2) is 44.2 Å². The highest BCUT2D eigenvalue weighted by Gasteiger charge is 2.33. The lowest BCUT2D eigenvalue weighted by atomic mass is 9.89. The summed E-state index contributed by atoms with van der Waals surface area (Å²) in [6, 6.07) is 4.24. The molecular weight excluding hydrogens is 338 g/mol. The Kier molecular flexibility index (Phi) is 5.46. The lowest BCUT2D eigenvalue weighted by Gasteiger charge is -2.37. The normalized spacial score (nSPS) is 17.7. The number of hydrogen-bond donors (Lipinski definition) is 1. The molecule has 1 aliphatic rings. The highest BCUT2D eigenvalue weighted by Crippen LogP contribution is 2.27. The SMILES string of the molecule is CCNC(=NCC1(C)COC1)N(C)Cc1ccc(Br)s1. The summed E-state index contributed by atoms with van der Waals surface area (Å²) in [4.78, 5) is 8.25. The van der Waals surface area contributed by atoms with Crippen LogP contribution < -0.4 is 5.32 Å². The largest absolute Gasteiger partial charge is 0.380 e. The van der Waals surface area contributed by atoms with Crippen LogP contribution in [0.25, 0.3) is 0 Å². The molecule has 1 aromatic rings. The first-order valence-corrected chi connectivity index (χ1v) is 8.45.